The van der Waals surface area contributed by atoms with E-state index < -0.39 is 0 Å². The quantitative estimate of drug-likeness (QED) is 0.379. The lowest BCUT2D eigenvalue weighted by Gasteiger charge is -1.91. The molecule has 3 heteroatoms. The van der Waals surface area contributed by atoms with E-state index in [4.69, 9.17) is 12.2 Å². The largest absolute Gasteiger partial charge is 0.350 e. The lowest BCUT2D eigenvalue weighted by Crippen LogP contribution is -2.31. The minimum atomic E-state index is 0.831. The number of aromatic nitrogens is 2. The Balaban J connectivity index is 3.43. The molecule has 0 saturated carbocycles. The van der Waals surface area contributed by atoms with Crippen molar-refractivity contribution in [3.05, 3.63) is 23.2 Å². The summed E-state index contributed by atoms with van der Waals surface area (Å²) in [6.07, 6.45) is 3.87. The molecule has 48 valence electrons. The third-order valence-electron chi connectivity index (χ3n) is 1.22. The maximum atomic E-state index is 5.02. The molecule has 9 heavy (non-hydrogen) atoms. The van der Waals surface area contributed by atoms with Crippen LogP contribution in [0.4, 0.5) is 0 Å². The molecule has 0 aliphatic heterocycles. The van der Waals surface area contributed by atoms with Crippen molar-refractivity contribution < 1.29 is 4.57 Å². The number of rotatable bonds is 0. The topological polar surface area (TPSA) is 8.81 Å². The molecule has 0 aliphatic carbocycles. The Kier molecular flexibility index (Phi) is 1.62. The van der Waals surface area contributed by atoms with Crippen molar-refractivity contribution in [1.29, 1.82) is 0 Å². The second-order valence-corrected chi connectivity index (χ2v) is 2.36. The van der Waals surface area contributed by atoms with E-state index in [0.29, 0.717) is 0 Å². The van der Waals surface area contributed by atoms with Gasteiger partial charge in [0, 0.05) is 18.3 Å². The third-order valence-corrected chi connectivity index (χ3v) is 1.80. The summed E-state index contributed by atoms with van der Waals surface area (Å²) < 4.78 is 4.63. The molecule has 0 atom stereocenters. The molecule has 2 nitrogen and oxygen atoms in total. The number of nitrogens with zero attached hydrogens (tertiary/aromatic N) is 2. The van der Waals surface area contributed by atoms with E-state index in [1.54, 1.807) is 0 Å². The molecule has 0 aromatic carbocycles. The van der Waals surface area contributed by atoms with Gasteiger partial charge in [0.15, 0.2) is 0 Å². The molecule has 1 aromatic rings. The minimum Gasteiger partial charge on any atom is -0.227 e. The van der Waals surface area contributed by atoms with Crippen molar-refractivity contribution in [2.24, 2.45) is 14.1 Å². The van der Waals surface area contributed by atoms with Crippen LogP contribution in [0.1, 0.15) is 0 Å². The predicted octanol–water partition coefficient (Wildman–Crippen LogP) is 0.579. The Morgan fingerprint density at radius 3 is 2.78 bits per heavy atom. The second kappa shape index (κ2) is 2.27. The average Bonchev–Trinajstić information content (AvgIpc) is 1.83. The summed E-state index contributed by atoms with van der Waals surface area (Å²) in [6, 6.07) is 1.95. The van der Waals surface area contributed by atoms with Gasteiger partial charge in [-0.3, -0.25) is 0 Å². The summed E-state index contributed by atoms with van der Waals surface area (Å²) in [4.78, 5) is 0. The first-order valence-corrected chi connectivity index (χ1v) is 3.14. The van der Waals surface area contributed by atoms with Crippen molar-refractivity contribution in [2.45, 2.75) is 0 Å². The van der Waals surface area contributed by atoms with Gasteiger partial charge in [0.25, 0.3) is 0 Å². The second-order valence-electron chi connectivity index (χ2n) is 1.99. The van der Waals surface area contributed by atoms with Crippen LogP contribution in [-0.4, -0.2) is 4.57 Å². The lowest BCUT2D eigenvalue weighted by molar-refractivity contribution is -0.682. The van der Waals surface area contributed by atoms with Gasteiger partial charge in [-0.1, -0.05) is 0 Å². The van der Waals surface area contributed by atoms with Crippen LogP contribution in [0.25, 0.3) is 0 Å². The third kappa shape index (κ3) is 1.16. The molecule has 0 aliphatic rings. The van der Waals surface area contributed by atoms with Crippen molar-refractivity contribution in [2.75, 3.05) is 0 Å². The van der Waals surface area contributed by atoms with Crippen LogP contribution in [-0.2, 0) is 14.1 Å². The maximum absolute atomic E-state index is 5.02. The van der Waals surface area contributed by atoms with Crippen LogP contribution in [0.3, 0.4) is 0 Å². The van der Waals surface area contributed by atoms with E-state index in [-0.39, 0.29) is 0 Å². The van der Waals surface area contributed by atoms with E-state index in [0.717, 1.165) is 4.77 Å². The highest BCUT2D eigenvalue weighted by Gasteiger charge is 1.93. The zero-order valence-electron chi connectivity index (χ0n) is 5.53. The van der Waals surface area contributed by atoms with Gasteiger partial charge in [0.2, 0.25) is 0 Å². The molecule has 1 rings (SSSR count). The van der Waals surface area contributed by atoms with Gasteiger partial charge in [0.05, 0.1) is 26.5 Å². The molecule has 0 unspecified atom stereocenters. The van der Waals surface area contributed by atoms with Gasteiger partial charge in [-0.05, 0) is 0 Å². The summed E-state index contributed by atoms with van der Waals surface area (Å²) in [7, 11) is 3.87. The van der Waals surface area contributed by atoms with E-state index in [1.165, 1.54) is 0 Å². The molecule has 1 aromatic heterocycles. The van der Waals surface area contributed by atoms with Crippen molar-refractivity contribution in [3.8, 4) is 0 Å². The summed E-state index contributed by atoms with van der Waals surface area (Å²) in [6.45, 7) is 0. The first-order chi connectivity index (χ1) is 4.22. The highest BCUT2D eigenvalue weighted by molar-refractivity contribution is 7.71. The van der Waals surface area contributed by atoms with Gasteiger partial charge >= 0.3 is 4.77 Å². The number of hydrogen-bond acceptors (Lipinski definition) is 1. The van der Waals surface area contributed by atoms with Gasteiger partial charge in [-0.2, -0.15) is 0 Å². The molecule has 0 saturated heterocycles. The normalized spacial score (nSPS) is 9.56. The average molecular weight is 141 g/mol. The maximum Gasteiger partial charge on any atom is 0.350 e. The summed E-state index contributed by atoms with van der Waals surface area (Å²) in [5, 5.41) is 0. The van der Waals surface area contributed by atoms with Crippen LogP contribution in [0.5, 0.6) is 0 Å². The molecular weight excluding hydrogens is 132 g/mol. The van der Waals surface area contributed by atoms with Gasteiger partial charge in [-0.15, -0.1) is 0 Å². The Hall–Kier alpha value is -0.700. The van der Waals surface area contributed by atoms with Crippen LogP contribution in [0.2, 0.25) is 0 Å². The summed E-state index contributed by atoms with van der Waals surface area (Å²) >= 11 is 5.02. The Labute approximate surface area is 59.4 Å². The Bertz CT molecular complexity index is 241. The molecule has 0 amide bonds. The molecule has 0 fully saturated rings. The van der Waals surface area contributed by atoms with E-state index in [1.807, 2.05) is 41.7 Å². The van der Waals surface area contributed by atoms with E-state index in [2.05, 4.69) is 0 Å². The van der Waals surface area contributed by atoms with Crippen molar-refractivity contribution in [3.63, 3.8) is 0 Å². The fourth-order valence-corrected chi connectivity index (χ4v) is 0.795. The summed E-state index contributed by atoms with van der Waals surface area (Å²) in [5.74, 6) is 0. The van der Waals surface area contributed by atoms with Gasteiger partial charge in [0.1, 0.15) is 0 Å². The smallest absolute Gasteiger partial charge is 0.227 e. The highest BCUT2D eigenvalue weighted by Crippen LogP contribution is 1.79. The van der Waals surface area contributed by atoms with Crippen LogP contribution in [0.15, 0.2) is 18.5 Å². The zero-order valence-corrected chi connectivity index (χ0v) is 6.35. The van der Waals surface area contributed by atoms with Crippen LogP contribution >= 0.6 is 12.2 Å². The summed E-state index contributed by atoms with van der Waals surface area (Å²) in [5.41, 5.74) is 0. The first-order valence-electron chi connectivity index (χ1n) is 2.73. The standard InChI is InChI=1S/C6H9N2S/c1-7-4-3-5-8(2)6(7)9/h3-5H,1-2H3/q+1. The Morgan fingerprint density at radius 1 is 1.67 bits per heavy atom. The highest BCUT2D eigenvalue weighted by atomic mass is 32.1. The molecule has 0 N–H and O–H groups in total. The van der Waals surface area contributed by atoms with Gasteiger partial charge < -0.3 is 0 Å². The van der Waals surface area contributed by atoms with E-state index in [9.17, 15) is 0 Å². The monoisotopic (exact) mass is 141 g/mol. The minimum absolute atomic E-state index is 0.831. The van der Waals surface area contributed by atoms with E-state index >= 15 is 0 Å². The van der Waals surface area contributed by atoms with Crippen LogP contribution in [0, 0.1) is 4.77 Å². The van der Waals surface area contributed by atoms with Crippen LogP contribution < -0.4 is 4.57 Å². The number of aryl methyl sites for hydroxylation is 2. The molecule has 0 radical (unpaired) electrons. The molecular formula is C6H9N2S+. The fraction of sp³-hybridized carbons (Fsp3) is 0.333. The molecule has 0 bridgehead atoms. The molecule has 1 heterocycles. The van der Waals surface area contributed by atoms with Crippen molar-refractivity contribution >= 4 is 12.2 Å². The lowest BCUT2D eigenvalue weighted by atomic mass is 10.6. The zero-order chi connectivity index (χ0) is 6.85. The first kappa shape index (κ1) is 6.42. The fourth-order valence-electron chi connectivity index (χ4n) is 0.673. The van der Waals surface area contributed by atoms with Gasteiger partial charge in [-0.25, -0.2) is 9.13 Å². The predicted molar refractivity (Wildman–Crippen MR) is 37.4 cm³/mol. The Morgan fingerprint density at radius 2 is 2.33 bits per heavy atom. The molecule has 0 spiro atoms. The SMILES string of the molecule is Cn1ccc[n+](C)c1=S. The van der Waals surface area contributed by atoms with Crippen molar-refractivity contribution in [1.82, 2.24) is 4.57 Å². The number of hydrogen-bond donors (Lipinski definition) is 0.